The van der Waals surface area contributed by atoms with Crippen LogP contribution >= 0.6 is 11.3 Å². The highest BCUT2D eigenvalue weighted by atomic mass is 32.1. The predicted molar refractivity (Wildman–Crippen MR) is 111 cm³/mol. The molecule has 3 rings (SSSR count). The van der Waals surface area contributed by atoms with Crippen LogP contribution in [0.4, 0.5) is 0 Å². The summed E-state index contributed by atoms with van der Waals surface area (Å²) in [4.78, 5) is 29.5. The fourth-order valence-corrected chi connectivity index (χ4v) is 4.12. The summed E-state index contributed by atoms with van der Waals surface area (Å²) in [5.41, 5.74) is 0.713. The number of carbonyl (C=O) groups is 2. The zero-order valence-electron chi connectivity index (χ0n) is 16.1. The van der Waals surface area contributed by atoms with E-state index >= 15 is 0 Å². The summed E-state index contributed by atoms with van der Waals surface area (Å²) in [7, 11) is 0. The zero-order chi connectivity index (χ0) is 20.7. The first-order chi connectivity index (χ1) is 14.0. The number of carbonyl (C=O) groups excluding carboxylic acids is 2. The maximum Gasteiger partial charge on any atom is 0.317 e. The molecule has 148 valence electrons. The number of esters is 1. The molecule has 0 unspecified atom stereocenters. The van der Waals surface area contributed by atoms with E-state index in [1.165, 1.54) is 0 Å². The smallest absolute Gasteiger partial charge is 0.317 e. The fraction of sp³-hybridized carbons (Fsp3) is 0.273. The first kappa shape index (κ1) is 20.5. The van der Waals surface area contributed by atoms with Crippen LogP contribution in [-0.2, 0) is 26.2 Å². The molecular formula is C22H21N3O3S. The quantitative estimate of drug-likeness (QED) is 0.457. The Morgan fingerprint density at radius 3 is 2.62 bits per heavy atom. The highest BCUT2D eigenvalue weighted by Gasteiger charge is 2.38. The summed E-state index contributed by atoms with van der Waals surface area (Å²) in [6.45, 7) is 1.66. The summed E-state index contributed by atoms with van der Waals surface area (Å²) < 4.78 is 6.40. The monoisotopic (exact) mass is 407 g/mol. The molecule has 0 aliphatic rings. The number of fused-ring (bicyclic) bond motifs is 1. The number of nitrogens with zero attached hydrogens (tertiary/aromatic N) is 2. The van der Waals surface area contributed by atoms with Crippen molar-refractivity contribution in [2.75, 3.05) is 13.2 Å². The van der Waals surface area contributed by atoms with Crippen LogP contribution in [0.2, 0.25) is 0 Å². The molecule has 1 aromatic heterocycles. The normalized spacial score (nSPS) is 12.7. The van der Waals surface area contributed by atoms with Crippen molar-refractivity contribution in [1.82, 2.24) is 10.3 Å². The first-order valence-corrected chi connectivity index (χ1v) is 10.1. The van der Waals surface area contributed by atoms with E-state index in [1.807, 2.05) is 67.6 Å². The van der Waals surface area contributed by atoms with Gasteiger partial charge in [-0.05, 0) is 24.6 Å². The Kier molecular flexibility index (Phi) is 6.57. The van der Waals surface area contributed by atoms with Crippen LogP contribution in [-0.4, -0.2) is 30.0 Å². The number of benzene rings is 2. The number of ether oxygens (including phenoxy) is 1. The molecule has 0 fully saturated rings. The first-order valence-electron chi connectivity index (χ1n) is 9.24. The minimum Gasteiger partial charge on any atom is -0.455 e. The number of nitriles is 1. The third-order valence-electron chi connectivity index (χ3n) is 4.60. The molecule has 2 aromatic carbocycles. The van der Waals surface area contributed by atoms with Gasteiger partial charge in [-0.25, -0.2) is 4.98 Å². The van der Waals surface area contributed by atoms with E-state index in [0.717, 1.165) is 20.8 Å². The van der Waals surface area contributed by atoms with E-state index in [4.69, 9.17) is 10.00 Å². The lowest BCUT2D eigenvalue weighted by Crippen LogP contribution is -2.39. The van der Waals surface area contributed by atoms with Gasteiger partial charge in [0.05, 0.1) is 33.1 Å². The average Bonchev–Trinajstić information content (AvgIpc) is 3.14. The average molecular weight is 407 g/mol. The van der Waals surface area contributed by atoms with Gasteiger partial charge >= 0.3 is 5.97 Å². The summed E-state index contributed by atoms with van der Waals surface area (Å²) in [6, 6.07) is 19.2. The Morgan fingerprint density at radius 1 is 1.17 bits per heavy atom. The van der Waals surface area contributed by atoms with Crippen LogP contribution in [0.15, 0.2) is 54.6 Å². The van der Waals surface area contributed by atoms with Crippen LogP contribution in [0, 0.1) is 11.3 Å². The SMILES string of the molecule is C[C@@](Cc1nc2ccccc2s1)(C(=O)OCC(=O)NCCC#N)c1ccccc1. The fourth-order valence-electron chi connectivity index (χ4n) is 3.00. The molecule has 3 aromatic rings. The Bertz CT molecular complexity index is 1010. The molecule has 29 heavy (non-hydrogen) atoms. The topological polar surface area (TPSA) is 92.1 Å². The van der Waals surface area contributed by atoms with Crippen LogP contribution in [0.25, 0.3) is 10.2 Å². The Morgan fingerprint density at radius 2 is 1.90 bits per heavy atom. The number of nitrogens with one attached hydrogen (secondary N) is 1. The van der Waals surface area contributed by atoms with Gasteiger partial charge in [-0.2, -0.15) is 5.26 Å². The number of aromatic nitrogens is 1. The number of hydrogen-bond acceptors (Lipinski definition) is 6. The number of amides is 1. The van der Waals surface area contributed by atoms with Crippen molar-refractivity contribution in [1.29, 1.82) is 5.26 Å². The third-order valence-corrected chi connectivity index (χ3v) is 5.63. The van der Waals surface area contributed by atoms with Gasteiger partial charge in [-0.1, -0.05) is 42.5 Å². The molecule has 1 heterocycles. The van der Waals surface area contributed by atoms with E-state index in [-0.39, 0.29) is 19.6 Å². The highest BCUT2D eigenvalue weighted by Crippen LogP contribution is 2.33. The van der Waals surface area contributed by atoms with E-state index < -0.39 is 17.3 Å². The van der Waals surface area contributed by atoms with Gasteiger partial charge in [0, 0.05) is 13.0 Å². The third kappa shape index (κ3) is 4.98. The van der Waals surface area contributed by atoms with Crippen molar-refractivity contribution in [3.63, 3.8) is 0 Å². The zero-order valence-corrected chi connectivity index (χ0v) is 16.9. The molecule has 1 atom stereocenters. The van der Waals surface area contributed by atoms with Gasteiger partial charge in [0.1, 0.15) is 0 Å². The number of rotatable bonds is 8. The van der Waals surface area contributed by atoms with Gasteiger partial charge in [-0.3, -0.25) is 9.59 Å². The highest BCUT2D eigenvalue weighted by molar-refractivity contribution is 7.18. The molecule has 0 radical (unpaired) electrons. The summed E-state index contributed by atoms with van der Waals surface area (Å²) in [5.74, 6) is -0.914. The molecule has 0 aliphatic carbocycles. The van der Waals surface area contributed by atoms with Crippen molar-refractivity contribution in [2.24, 2.45) is 0 Å². The van der Waals surface area contributed by atoms with Crippen LogP contribution in [0.3, 0.4) is 0 Å². The number of hydrogen-bond donors (Lipinski definition) is 1. The Labute approximate surface area is 173 Å². The van der Waals surface area contributed by atoms with Crippen molar-refractivity contribution in [3.8, 4) is 6.07 Å². The lowest BCUT2D eigenvalue weighted by Gasteiger charge is -2.27. The number of thiazole rings is 1. The predicted octanol–water partition coefficient (Wildman–Crippen LogP) is 3.37. The van der Waals surface area contributed by atoms with Crippen molar-refractivity contribution in [2.45, 2.75) is 25.2 Å². The minimum absolute atomic E-state index is 0.207. The van der Waals surface area contributed by atoms with Crippen molar-refractivity contribution >= 4 is 33.4 Å². The molecule has 0 saturated heterocycles. The second kappa shape index (κ2) is 9.30. The molecule has 0 saturated carbocycles. The molecular weight excluding hydrogens is 386 g/mol. The number of para-hydroxylation sites is 1. The van der Waals surface area contributed by atoms with E-state index in [1.54, 1.807) is 11.3 Å². The Hall–Kier alpha value is -3.24. The second-order valence-corrected chi connectivity index (χ2v) is 7.90. The van der Waals surface area contributed by atoms with Crippen molar-refractivity contribution in [3.05, 3.63) is 65.2 Å². The minimum atomic E-state index is -0.984. The summed E-state index contributed by atoms with van der Waals surface area (Å²) in [6.07, 6.45) is 0.574. The largest absolute Gasteiger partial charge is 0.455 e. The molecule has 1 amide bonds. The molecule has 0 aliphatic heterocycles. The molecule has 7 heteroatoms. The lowest BCUT2D eigenvalue weighted by molar-refractivity contribution is -0.154. The Balaban J connectivity index is 1.79. The maximum atomic E-state index is 13.0. The van der Waals surface area contributed by atoms with E-state index in [0.29, 0.717) is 6.42 Å². The molecule has 0 bridgehead atoms. The molecule has 6 nitrogen and oxygen atoms in total. The second-order valence-electron chi connectivity index (χ2n) is 6.78. The van der Waals surface area contributed by atoms with Gasteiger partial charge in [0.15, 0.2) is 6.61 Å². The van der Waals surface area contributed by atoms with Gasteiger partial charge in [0.25, 0.3) is 5.91 Å². The summed E-state index contributed by atoms with van der Waals surface area (Å²) in [5, 5.41) is 11.9. The van der Waals surface area contributed by atoms with E-state index in [9.17, 15) is 9.59 Å². The van der Waals surface area contributed by atoms with Crippen LogP contribution in [0.5, 0.6) is 0 Å². The molecule has 1 N–H and O–H groups in total. The van der Waals surface area contributed by atoms with Crippen molar-refractivity contribution < 1.29 is 14.3 Å². The molecule has 0 spiro atoms. The van der Waals surface area contributed by atoms with Gasteiger partial charge < -0.3 is 10.1 Å². The van der Waals surface area contributed by atoms with Gasteiger partial charge in [0.2, 0.25) is 0 Å². The lowest BCUT2D eigenvalue weighted by atomic mass is 9.79. The van der Waals surface area contributed by atoms with Crippen LogP contribution in [0.1, 0.15) is 23.9 Å². The van der Waals surface area contributed by atoms with Gasteiger partial charge in [-0.15, -0.1) is 11.3 Å². The van der Waals surface area contributed by atoms with E-state index in [2.05, 4.69) is 10.3 Å². The standard InChI is InChI=1S/C22H21N3O3S/c1-22(16-8-3-2-4-9-16,21(27)28-15-19(26)24-13-7-12-23)14-20-25-17-10-5-6-11-18(17)29-20/h2-6,8-11H,7,13-15H2,1H3,(H,24,26)/t22-/m0/s1. The maximum absolute atomic E-state index is 13.0. The van der Waals surface area contributed by atoms with Crippen LogP contribution < -0.4 is 5.32 Å². The summed E-state index contributed by atoms with van der Waals surface area (Å²) >= 11 is 1.55.